The second-order valence-electron chi connectivity index (χ2n) is 9.02. The fourth-order valence-corrected chi connectivity index (χ4v) is 5.63. The van der Waals surface area contributed by atoms with Gasteiger partial charge in [0, 0.05) is 29.7 Å². The molecule has 8 heteroatoms. The third-order valence-electron chi connectivity index (χ3n) is 6.23. The average molecular weight is 502 g/mol. The molecule has 5 rings (SSSR count). The lowest BCUT2D eigenvalue weighted by Crippen LogP contribution is -2.40. The molecule has 0 fully saturated rings. The summed E-state index contributed by atoms with van der Waals surface area (Å²) in [5.41, 5.74) is 3.52. The zero-order valence-corrected chi connectivity index (χ0v) is 21.6. The smallest absolute Gasteiger partial charge is 0.338 e. The quantitative estimate of drug-likeness (QED) is 0.391. The number of aromatic nitrogens is 2. The van der Waals surface area contributed by atoms with Crippen LogP contribution in [0.5, 0.6) is 5.75 Å². The van der Waals surface area contributed by atoms with E-state index in [-0.39, 0.29) is 11.7 Å². The van der Waals surface area contributed by atoms with Gasteiger partial charge in [0.25, 0.3) is 5.56 Å². The summed E-state index contributed by atoms with van der Waals surface area (Å²) in [7, 11) is 3.59. The molecule has 7 nitrogen and oxygen atoms in total. The predicted molar refractivity (Wildman–Crippen MR) is 141 cm³/mol. The van der Waals surface area contributed by atoms with Crippen LogP contribution < -0.4 is 19.6 Å². The molecule has 2 aromatic carbocycles. The lowest BCUT2D eigenvalue weighted by atomic mass is 9.96. The third-order valence-corrected chi connectivity index (χ3v) is 7.21. The van der Waals surface area contributed by atoms with Gasteiger partial charge in [-0.1, -0.05) is 41.7 Å². The molecule has 184 valence electrons. The zero-order chi connectivity index (χ0) is 25.6. The van der Waals surface area contributed by atoms with Gasteiger partial charge in [-0.15, -0.1) is 0 Å². The van der Waals surface area contributed by atoms with Gasteiger partial charge < -0.3 is 14.0 Å². The number of hydrogen-bond acceptors (Lipinski definition) is 6. The Morgan fingerprint density at radius 2 is 1.86 bits per heavy atom. The number of nitrogens with zero attached hydrogens (tertiary/aromatic N) is 3. The van der Waals surface area contributed by atoms with E-state index in [0.717, 1.165) is 22.0 Å². The Bertz CT molecular complexity index is 1690. The Labute approximate surface area is 212 Å². The summed E-state index contributed by atoms with van der Waals surface area (Å²) in [6.07, 6.45) is 3.62. The standard InChI is InChI=1S/C28H27N3O4S/c1-16(2)35-27(33)24-17(3)29-28-31(25(24)18-10-12-20(34-5)13-11-18)26(32)23(36-28)14-19-15-30(4)22-9-7-6-8-21(19)22/h6-16,25H,1-5H3/b23-14+. The van der Waals surface area contributed by atoms with Crippen molar-refractivity contribution in [2.24, 2.45) is 12.0 Å². The summed E-state index contributed by atoms with van der Waals surface area (Å²) in [5.74, 6) is 0.213. The number of rotatable bonds is 5. The van der Waals surface area contributed by atoms with Crippen molar-refractivity contribution in [3.05, 3.63) is 96.8 Å². The summed E-state index contributed by atoms with van der Waals surface area (Å²) < 4.78 is 15.1. The number of methoxy groups -OCH3 is 1. The molecule has 1 aliphatic rings. The van der Waals surface area contributed by atoms with Crippen molar-refractivity contribution >= 4 is 34.3 Å². The van der Waals surface area contributed by atoms with Crippen LogP contribution in [0.2, 0.25) is 0 Å². The molecule has 0 saturated carbocycles. The second kappa shape index (κ2) is 9.28. The van der Waals surface area contributed by atoms with Gasteiger partial charge in [0.2, 0.25) is 0 Å². The number of allylic oxidation sites excluding steroid dienone is 1. The number of aryl methyl sites for hydroxylation is 1. The molecule has 0 radical (unpaired) electrons. The van der Waals surface area contributed by atoms with E-state index in [1.807, 2.05) is 72.4 Å². The fraction of sp³-hybridized carbons (Fsp3) is 0.250. The van der Waals surface area contributed by atoms with E-state index >= 15 is 0 Å². The number of fused-ring (bicyclic) bond motifs is 2. The Balaban J connectivity index is 1.73. The number of ether oxygens (including phenoxy) is 2. The van der Waals surface area contributed by atoms with Crippen molar-refractivity contribution in [1.82, 2.24) is 9.13 Å². The Morgan fingerprint density at radius 1 is 1.14 bits per heavy atom. The molecule has 4 aromatic rings. The van der Waals surface area contributed by atoms with E-state index in [1.54, 1.807) is 32.4 Å². The maximum Gasteiger partial charge on any atom is 0.338 e. The highest BCUT2D eigenvalue weighted by atomic mass is 32.1. The molecular formula is C28H27N3O4S. The highest BCUT2D eigenvalue weighted by molar-refractivity contribution is 7.07. The lowest BCUT2D eigenvalue weighted by Gasteiger charge is -2.25. The lowest BCUT2D eigenvalue weighted by molar-refractivity contribution is -0.143. The van der Waals surface area contributed by atoms with Crippen molar-refractivity contribution in [2.75, 3.05) is 7.11 Å². The van der Waals surface area contributed by atoms with Crippen LogP contribution in [0.15, 0.2) is 75.8 Å². The highest BCUT2D eigenvalue weighted by Gasteiger charge is 2.33. The molecule has 3 heterocycles. The number of carbonyl (C=O) groups excluding carboxylic acids is 1. The van der Waals surface area contributed by atoms with E-state index in [1.165, 1.54) is 11.3 Å². The van der Waals surface area contributed by atoms with Gasteiger partial charge in [-0.2, -0.15) is 0 Å². The van der Waals surface area contributed by atoms with Gasteiger partial charge in [0.15, 0.2) is 4.80 Å². The van der Waals surface area contributed by atoms with E-state index in [0.29, 0.717) is 26.4 Å². The molecule has 1 atom stereocenters. The SMILES string of the molecule is COc1ccc(C2C(C(=O)OC(C)C)=C(C)N=c3s/c(=C/c4cn(C)c5ccccc45)c(=O)n32)cc1. The van der Waals surface area contributed by atoms with E-state index in [2.05, 4.69) is 4.99 Å². The summed E-state index contributed by atoms with van der Waals surface area (Å²) in [6, 6.07) is 14.8. The molecule has 0 bridgehead atoms. The first-order valence-electron chi connectivity index (χ1n) is 11.7. The van der Waals surface area contributed by atoms with Gasteiger partial charge in [0.05, 0.1) is 35.1 Å². The number of hydrogen-bond donors (Lipinski definition) is 0. The van der Waals surface area contributed by atoms with Crippen LogP contribution in [0.4, 0.5) is 0 Å². The first-order valence-corrected chi connectivity index (χ1v) is 12.5. The Hall–Kier alpha value is -3.91. The van der Waals surface area contributed by atoms with Gasteiger partial charge in [0.1, 0.15) is 5.75 Å². The third kappa shape index (κ3) is 4.07. The first-order chi connectivity index (χ1) is 17.3. The number of para-hydroxylation sites is 1. The van der Waals surface area contributed by atoms with Crippen LogP contribution >= 0.6 is 11.3 Å². The largest absolute Gasteiger partial charge is 0.497 e. The summed E-state index contributed by atoms with van der Waals surface area (Å²) >= 11 is 1.32. The van der Waals surface area contributed by atoms with Crippen molar-refractivity contribution in [2.45, 2.75) is 32.9 Å². The van der Waals surface area contributed by atoms with Gasteiger partial charge >= 0.3 is 5.97 Å². The van der Waals surface area contributed by atoms with Gasteiger partial charge in [-0.05, 0) is 50.6 Å². The maximum absolute atomic E-state index is 13.8. The minimum Gasteiger partial charge on any atom is -0.497 e. The first kappa shape index (κ1) is 23.8. The molecule has 0 spiro atoms. The zero-order valence-electron chi connectivity index (χ0n) is 20.8. The molecule has 0 amide bonds. The van der Waals surface area contributed by atoms with Crippen molar-refractivity contribution in [1.29, 1.82) is 0 Å². The van der Waals surface area contributed by atoms with Crippen LogP contribution in [0.25, 0.3) is 17.0 Å². The van der Waals surface area contributed by atoms with Crippen molar-refractivity contribution < 1.29 is 14.3 Å². The number of thiazole rings is 1. The van der Waals surface area contributed by atoms with Crippen LogP contribution in [-0.2, 0) is 16.6 Å². The highest BCUT2D eigenvalue weighted by Crippen LogP contribution is 2.32. The fourth-order valence-electron chi connectivity index (χ4n) is 4.59. The van der Waals surface area contributed by atoms with Crippen LogP contribution in [0.1, 0.15) is 37.9 Å². The Kier molecular flexibility index (Phi) is 6.14. The molecule has 0 saturated heterocycles. The van der Waals surface area contributed by atoms with Crippen LogP contribution in [0.3, 0.4) is 0 Å². The molecule has 36 heavy (non-hydrogen) atoms. The summed E-state index contributed by atoms with van der Waals surface area (Å²) in [6.45, 7) is 5.39. The minimum absolute atomic E-state index is 0.199. The number of esters is 1. The number of carbonyl (C=O) groups is 1. The molecule has 0 N–H and O–H groups in total. The van der Waals surface area contributed by atoms with E-state index < -0.39 is 12.0 Å². The maximum atomic E-state index is 13.8. The van der Waals surface area contributed by atoms with E-state index in [4.69, 9.17) is 9.47 Å². The molecule has 2 aromatic heterocycles. The average Bonchev–Trinajstić information content (AvgIpc) is 3.34. The summed E-state index contributed by atoms with van der Waals surface area (Å²) in [5, 5.41) is 1.06. The molecule has 1 unspecified atom stereocenters. The van der Waals surface area contributed by atoms with Gasteiger partial charge in [-0.25, -0.2) is 9.79 Å². The topological polar surface area (TPSA) is 74.8 Å². The van der Waals surface area contributed by atoms with Crippen molar-refractivity contribution in [3.8, 4) is 5.75 Å². The molecule has 0 aliphatic carbocycles. The Morgan fingerprint density at radius 3 is 2.56 bits per heavy atom. The minimum atomic E-state index is -0.659. The number of benzene rings is 2. The van der Waals surface area contributed by atoms with E-state index in [9.17, 15) is 9.59 Å². The van der Waals surface area contributed by atoms with Crippen molar-refractivity contribution in [3.63, 3.8) is 0 Å². The normalized spacial score (nSPS) is 15.8. The molecule has 1 aliphatic heterocycles. The van der Waals surface area contributed by atoms with Gasteiger partial charge in [-0.3, -0.25) is 9.36 Å². The second-order valence-corrected chi connectivity index (χ2v) is 10.0. The molecular weight excluding hydrogens is 474 g/mol. The van der Waals surface area contributed by atoms with Crippen LogP contribution in [-0.4, -0.2) is 28.3 Å². The predicted octanol–water partition coefficient (Wildman–Crippen LogP) is 3.69. The van der Waals surface area contributed by atoms with Crippen LogP contribution in [0, 0.1) is 0 Å². The monoisotopic (exact) mass is 501 g/mol. The summed E-state index contributed by atoms with van der Waals surface area (Å²) in [4.78, 5) is 32.3.